The molecule has 0 bridgehead atoms. The number of aryl methyl sites for hydroxylation is 1. The Hall–Kier alpha value is -2.25. The van der Waals surface area contributed by atoms with Crippen molar-refractivity contribution in [2.24, 2.45) is 5.10 Å². The van der Waals surface area contributed by atoms with Crippen LogP contribution in [0.2, 0.25) is 0 Å². The maximum Gasteiger partial charge on any atom is 0.270 e. The number of amides is 2. The Bertz CT molecular complexity index is 588. The van der Waals surface area contributed by atoms with Gasteiger partial charge in [0.25, 0.3) is 5.91 Å². The van der Waals surface area contributed by atoms with Crippen LogP contribution in [-0.4, -0.2) is 57.2 Å². The van der Waals surface area contributed by atoms with Crippen LogP contribution in [0.3, 0.4) is 0 Å². The minimum absolute atomic E-state index is 0.0924. The molecule has 3 rings (SSSR count). The van der Waals surface area contributed by atoms with Gasteiger partial charge in [0.2, 0.25) is 11.8 Å². The molecule has 0 radical (unpaired) electrons. The van der Waals surface area contributed by atoms with Gasteiger partial charge in [0, 0.05) is 26.6 Å². The summed E-state index contributed by atoms with van der Waals surface area (Å²) in [6.45, 7) is 5.12. The number of hydrazone groups is 1. The van der Waals surface area contributed by atoms with Gasteiger partial charge < -0.3 is 9.42 Å². The Morgan fingerprint density at radius 3 is 2.75 bits per heavy atom. The van der Waals surface area contributed by atoms with Crippen LogP contribution < -0.4 is 0 Å². The molecule has 106 valence electrons. The van der Waals surface area contributed by atoms with Gasteiger partial charge in [-0.05, 0) is 6.92 Å². The highest BCUT2D eigenvalue weighted by Gasteiger charge is 2.38. The summed E-state index contributed by atoms with van der Waals surface area (Å²) in [6, 6.07) is 0. The summed E-state index contributed by atoms with van der Waals surface area (Å²) in [7, 11) is 0. The highest BCUT2D eigenvalue weighted by atomic mass is 16.5. The monoisotopic (exact) mass is 277 g/mol. The van der Waals surface area contributed by atoms with E-state index in [9.17, 15) is 9.59 Å². The first-order chi connectivity index (χ1) is 9.58. The number of carbonyl (C=O) groups is 2. The van der Waals surface area contributed by atoms with E-state index in [0.717, 1.165) is 0 Å². The molecule has 8 nitrogen and oxygen atoms in total. The predicted octanol–water partition coefficient (Wildman–Crippen LogP) is -0.0880. The molecule has 1 aromatic rings. The fourth-order valence-corrected chi connectivity index (χ4v) is 2.31. The van der Waals surface area contributed by atoms with E-state index in [1.807, 2.05) is 6.92 Å². The van der Waals surface area contributed by atoms with E-state index < -0.39 is 0 Å². The summed E-state index contributed by atoms with van der Waals surface area (Å²) in [4.78, 5) is 29.5. The second-order valence-electron chi connectivity index (χ2n) is 4.91. The predicted molar refractivity (Wildman–Crippen MR) is 67.8 cm³/mol. The largest absolute Gasteiger partial charge is 0.340 e. The Morgan fingerprint density at radius 1 is 1.45 bits per heavy atom. The zero-order valence-electron chi connectivity index (χ0n) is 11.4. The standard InChI is InChI=1S/C12H15N5O3/c1-3-17-10(18)4-9(14-17)12(19)16-5-8(6-16)11-13-7(2)20-15-11/h8H,3-6H2,1-2H3. The lowest BCUT2D eigenvalue weighted by molar-refractivity contribution is -0.130. The first-order valence-electron chi connectivity index (χ1n) is 6.55. The van der Waals surface area contributed by atoms with Crippen LogP contribution >= 0.6 is 0 Å². The molecule has 0 aromatic carbocycles. The third-order valence-electron chi connectivity index (χ3n) is 3.47. The second kappa shape index (κ2) is 4.69. The molecule has 8 heteroatoms. The molecule has 2 aliphatic heterocycles. The molecular formula is C12H15N5O3. The maximum atomic E-state index is 12.2. The van der Waals surface area contributed by atoms with Crippen LogP contribution in [0.15, 0.2) is 9.62 Å². The van der Waals surface area contributed by atoms with E-state index in [-0.39, 0.29) is 24.2 Å². The number of hydrogen-bond donors (Lipinski definition) is 0. The van der Waals surface area contributed by atoms with Crippen molar-refractivity contribution in [2.45, 2.75) is 26.2 Å². The van der Waals surface area contributed by atoms with Crippen molar-refractivity contribution in [3.8, 4) is 0 Å². The normalized spacial score (nSPS) is 19.3. The highest BCUT2D eigenvalue weighted by Crippen LogP contribution is 2.25. The van der Waals surface area contributed by atoms with Crippen LogP contribution in [0, 0.1) is 6.92 Å². The van der Waals surface area contributed by atoms with E-state index in [0.29, 0.717) is 37.1 Å². The first kappa shape index (κ1) is 12.8. The van der Waals surface area contributed by atoms with Crippen LogP contribution in [0.4, 0.5) is 0 Å². The van der Waals surface area contributed by atoms with Crippen LogP contribution in [0.1, 0.15) is 31.0 Å². The molecule has 2 amide bonds. The maximum absolute atomic E-state index is 12.2. The van der Waals surface area contributed by atoms with Crippen molar-refractivity contribution in [2.75, 3.05) is 19.6 Å². The van der Waals surface area contributed by atoms with E-state index in [1.54, 1.807) is 11.8 Å². The fourth-order valence-electron chi connectivity index (χ4n) is 2.31. The molecule has 1 fully saturated rings. The second-order valence-corrected chi connectivity index (χ2v) is 4.91. The van der Waals surface area contributed by atoms with Gasteiger partial charge in [-0.2, -0.15) is 10.1 Å². The minimum atomic E-state index is -0.175. The van der Waals surface area contributed by atoms with Crippen molar-refractivity contribution in [1.29, 1.82) is 0 Å². The van der Waals surface area contributed by atoms with Gasteiger partial charge in [0.1, 0.15) is 5.71 Å². The number of aromatic nitrogens is 2. The summed E-state index contributed by atoms with van der Waals surface area (Å²) >= 11 is 0. The van der Waals surface area contributed by atoms with E-state index in [4.69, 9.17) is 4.52 Å². The topological polar surface area (TPSA) is 91.9 Å². The first-order valence-corrected chi connectivity index (χ1v) is 6.55. The van der Waals surface area contributed by atoms with E-state index >= 15 is 0 Å². The quantitative estimate of drug-likeness (QED) is 0.770. The lowest BCUT2D eigenvalue weighted by atomic mass is 9.98. The van der Waals surface area contributed by atoms with E-state index in [2.05, 4.69) is 15.2 Å². The zero-order valence-corrected chi connectivity index (χ0v) is 11.4. The highest BCUT2D eigenvalue weighted by molar-refractivity contribution is 6.43. The van der Waals surface area contributed by atoms with Gasteiger partial charge in [-0.1, -0.05) is 5.16 Å². The molecular weight excluding hydrogens is 262 g/mol. The average molecular weight is 277 g/mol. The third kappa shape index (κ3) is 2.06. The lowest BCUT2D eigenvalue weighted by Crippen LogP contribution is -2.51. The Morgan fingerprint density at radius 2 is 2.20 bits per heavy atom. The number of rotatable bonds is 3. The van der Waals surface area contributed by atoms with Gasteiger partial charge in [0.15, 0.2) is 5.82 Å². The van der Waals surface area contributed by atoms with Crippen molar-refractivity contribution in [3.63, 3.8) is 0 Å². The van der Waals surface area contributed by atoms with Gasteiger partial charge in [0.05, 0.1) is 12.3 Å². The van der Waals surface area contributed by atoms with Gasteiger partial charge in [-0.25, -0.2) is 5.01 Å². The lowest BCUT2D eigenvalue weighted by Gasteiger charge is -2.37. The molecule has 3 heterocycles. The van der Waals surface area contributed by atoms with Crippen molar-refractivity contribution >= 4 is 17.5 Å². The fraction of sp³-hybridized carbons (Fsp3) is 0.583. The van der Waals surface area contributed by atoms with Crippen LogP contribution in [0.5, 0.6) is 0 Å². The van der Waals surface area contributed by atoms with E-state index in [1.165, 1.54) is 5.01 Å². The Balaban J connectivity index is 1.60. The Kier molecular flexibility index (Phi) is 3.00. The molecule has 1 aromatic heterocycles. The van der Waals surface area contributed by atoms with Crippen LogP contribution in [0.25, 0.3) is 0 Å². The molecule has 0 unspecified atom stereocenters. The van der Waals surface area contributed by atoms with Crippen molar-refractivity contribution in [3.05, 3.63) is 11.7 Å². The minimum Gasteiger partial charge on any atom is -0.340 e. The SMILES string of the molecule is CCN1N=C(C(=O)N2CC(c3noc(C)n3)C2)CC1=O. The van der Waals surface area contributed by atoms with Crippen LogP contribution in [-0.2, 0) is 9.59 Å². The molecule has 0 saturated carbocycles. The summed E-state index contributed by atoms with van der Waals surface area (Å²) < 4.78 is 4.92. The van der Waals surface area contributed by atoms with Crippen molar-refractivity contribution in [1.82, 2.24) is 20.0 Å². The summed E-state index contributed by atoms with van der Waals surface area (Å²) in [6.07, 6.45) is 0.0924. The zero-order chi connectivity index (χ0) is 14.3. The average Bonchev–Trinajstić information content (AvgIpc) is 2.94. The summed E-state index contributed by atoms with van der Waals surface area (Å²) in [5, 5.41) is 9.23. The Labute approximate surface area is 115 Å². The molecule has 0 N–H and O–H groups in total. The van der Waals surface area contributed by atoms with Gasteiger partial charge in [-0.3, -0.25) is 9.59 Å². The molecule has 0 spiro atoms. The van der Waals surface area contributed by atoms with Crippen molar-refractivity contribution < 1.29 is 14.1 Å². The number of likely N-dealkylation sites (tertiary alicyclic amines) is 1. The number of hydrogen-bond acceptors (Lipinski definition) is 6. The molecule has 1 saturated heterocycles. The summed E-state index contributed by atoms with van der Waals surface area (Å²) in [5.74, 6) is 0.962. The smallest absolute Gasteiger partial charge is 0.270 e. The van der Waals surface area contributed by atoms with Gasteiger partial charge in [-0.15, -0.1) is 0 Å². The molecule has 2 aliphatic rings. The number of carbonyl (C=O) groups excluding carboxylic acids is 2. The molecule has 20 heavy (non-hydrogen) atoms. The summed E-state index contributed by atoms with van der Waals surface area (Å²) in [5.41, 5.74) is 0.319. The van der Waals surface area contributed by atoms with Gasteiger partial charge >= 0.3 is 0 Å². The molecule has 0 atom stereocenters. The number of nitrogens with zero attached hydrogens (tertiary/aromatic N) is 5. The third-order valence-corrected chi connectivity index (χ3v) is 3.47. The molecule has 0 aliphatic carbocycles.